The van der Waals surface area contributed by atoms with Gasteiger partial charge in [-0.2, -0.15) is 0 Å². The molecule has 0 radical (unpaired) electrons. The highest BCUT2D eigenvalue weighted by Gasteiger charge is 2.33. The van der Waals surface area contributed by atoms with E-state index in [2.05, 4.69) is 21.4 Å². The molecule has 0 aromatic carbocycles. The van der Waals surface area contributed by atoms with Gasteiger partial charge in [0.1, 0.15) is 5.82 Å². The molecule has 3 N–H and O–H groups in total. The quantitative estimate of drug-likeness (QED) is 0.867. The molecule has 0 spiro atoms. The lowest BCUT2D eigenvalue weighted by molar-refractivity contribution is 0.0688. The lowest BCUT2D eigenvalue weighted by Gasteiger charge is -2.24. The number of hydrogen-bond donors (Lipinski definition) is 2. The molecule has 0 amide bonds. The van der Waals surface area contributed by atoms with Gasteiger partial charge in [0.05, 0.1) is 5.69 Å². The zero-order valence-corrected chi connectivity index (χ0v) is 11.9. The Hall–Kier alpha value is -1.40. The summed E-state index contributed by atoms with van der Waals surface area (Å²) in [5.74, 6) is 0.318. The Bertz CT molecular complexity index is 525. The first-order valence-electron chi connectivity index (χ1n) is 7.43. The molecule has 2 atom stereocenters. The van der Waals surface area contributed by atoms with Gasteiger partial charge in [-0.3, -0.25) is 0 Å². The number of likely N-dealkylation sites (tertiary alicyclic amines) is 1. The highest BCUT2D eigenvalue weighted by Crippen LogP contribution is 2.33. The summed E-state index contributed by atoms with van der Waals surface area (Å²) in [4.78, 5) is 18.3. The fourth-order valence-corrected chi connectivity index (χ4v) is 3.50. The van der Waals surface area contributed by atoms with Gasteiger partial charge in [0.15, 0.2) is 5.69 Å². The van der Waals surface area contributed by atoms with E-state index in [-0.39, 0.29) is 11.7 Å². The van der Waals surface area contributed by atoms with Gasteiger partial charge < -0.3 is 20.3 Å². The van der Waals surface area contributed by atoms with Crippen LogP contribution in [0.4, 0.5) is 0 Å². The first-order chi connectivity index (χ1) is 9.61. The number of likely N-dealkylation sites (N-methyl/N-ethyl adjacent to an activating group) is 1. The van der Waals surface area contributed by atoms with Crippen LogP contribution in [-0.2, 0) is 6.54 Å². The lowest BCUT2D eigenvalue weighted by atomic mass is 10.0. The second-order valence-electron chi connectivity index (χ2n) is 5.79. The minimum absolute atomic E-state index is 0.169. The predicted molar refractivity (Wildman–Crippen MR) is 74.8 cm³/mol. The van der Waals surface area contributed by atoms with Crippen molar-refractivity contribution in [2.24, 2.45) is 5.73 Å². The summed E-state index contributed by atoms with van der Waals surface area (Å²) in [6, 6.07) is -0.195. The Labute approximate surface area is 118 Å². The van der Waals surface area contributed by atoms with Gasteiger partial charge in [-0.1, -0.05) is 6.92 Å². The molecular weight excluding hydrogens is 256 g/mol. The van der Waals surface area contributed by atoms with Crippen LogP contribution in [0.3, 0.4) is 0 Å². The smallest absolute Gasteiger partial charge is 0.356 e. The van der Waals surface area contributed by atoms with Gasteiger partial charge in [0.2, 0.25) is 0 Å². The maximum Gasteiger partial charge on any atom is 0.356 e. The summed E-state index contributed by atoms with van der Waals surface area (Å²) >= 11 is 0. The van der Waals surface area contributed by atoms with Crippen molar-refractivity contribution in [1.82, 2.24) is 14.5 Å². The van der Waals surface area contributed by atoms with Crippen molar-refractivity contribution in [2.45, 2.75) is 44.7 Å². The zero-order chi connectivity index (χ0) is 14.3. The van der Waals surface area contributed by atoms with Crippen molar-refractivity contribution in [1.29, 1.82) is 0 Å². The Morgan fingerprint density at radius 3 is 2.90 bits per heavy atom. The standard InChI is InChI=1S/C14H22N4O2/c1-2-17-7-5-9(8-17)13-16-11(14(19)20)12-10(15)4-3-6-18(12)13/h9-10H,2-8,15H2,1H3,(H,19,20). The normalized spacial score (nSPS) is 26.7. The largest absolute Gasteiger partial charge is 0.476 e. The Morgan fingerprint density at radius 2 is 2.25 bits per heavy atom. The molecule has 3 rings (SSSR count). The van der Waals surface area contributed by atoms with Crippen LogP contribution in [0.15, 0.2) is 0 Å². The van der Waals surface area contributed by atoms with Crippen LogP contribution in [0.2, 0.25) is 0 Å². The summed E-state index contributed by atoms with van der Waals surface area (Å²) in [7, 11) is 0. The van der Waals surface area contributed by atoms with Crippen molar-refractivity contribution >= 4 is 5.97 Å². The Balaban J connectivity index is 2.00. The van der Waals surface area contributed by atoms with E-state index in [1.165, 1.54) is 0 Å². The van der Waals surface area contributed by atoms with Crippen molar-refractivity contribution in [3.05, 3.63) is 17.2 Å². The number of aromatic nitrogens is 2. The first-order valence-corrected chi connectivity index (χ1v) is 7.43. The number of carboxylic acids is 1. The minimum atomic E-state index is -0.956. The highest BCUT2D eigenvalue weighted by atomic mass is 16.4. The molecule has 0 bridgehead atoms. The average Bonchev–Trinajstić information content (AvgIpc) is 3.02. The van der Waals surface area contributed by atoms with Gasteiger partial charge >= 0.3 is 5.97 Å². The third kappa shape index (κ3) is 2.13. The number of aromatic carboxylic acids is 1. The van der Waals surface area contributed by atoms with Gasteiger partial charge in [-0.25, -0.2) is 9.78 Å². The molecule has 1 saturated heterocycles. The van der Waals surface area contributed by atoms with E-state index in [0.717, 1.165) is 57.0 Å². The van der Waals surface area contributed by atoms with Crippen LogP contribution in [0.25, 0.3) is 0 Å². The minimum Gasteiger partial charge on any atom is -0.476 e. The van der Waals surface area contributed by atoms with Crippen LogP contribution < -0.4 is 5.73 Å². The third-order valence-electron chi connectivity index (χ3n) is 4.57. The van der Waals surface area contributed by atoms with Crippen LogP contribution in [-0.4, -0.2) is 45.2 Å². The van der Waals surface area contributed by atoms with E-state index < -0.39 is 5.97 Å². The molecule has 6 nitrogen and oxygen atoms in total. The molecule has 2 aliphatic rings. The second kappa shape index (κ2) is 5.18. The molecule has 1 aromatic heterocycles. The molecule has 2 aliphatic heterocycles. The molecule has 0 saturated carbocycles. The number of nitrogens with zero attached hydrogens (tertiary/aromatic N) is 3. The van der Waals surface area contributed by atoms with Gasteiger partial charge in [-0.05, 0) is 32.4 Å². The molecule has 1 aromatic rings. The van der Waals surface area contributed by atoms with E-state index in [0.29, 0.717) is 5.92 Å². The second-order valence-corrected chi connectivity index (χ2v) is 5.79. The number of rotatable bonds is 3. The fourth-order valence-electron chi connectivity index (χ4n) is 3.50. The number of carboxylic acid groups (broad SMARTS) is 1. The molecular formula is C14H22N4O2. The predicted octanol–water partition coefficient (Wildman–Crippen LogP) is 1.18. The number of carbonyl (C=O) groups is 1. The molecule has 20 heavy (non-hydrogen) atoms. The lowest BCUT2D eigenvalue weighted by Crippen LogP contribution is -2.25. The van der Waals surface area contributed by atoms with Crippen LogP contribution >= 0.6 is 0 Å². The summed E-state index contributed by atoms with van der Waals surface area (Å²) in [6.45, 7) is 6.08. The Morgan fingerprint density at radius 1 is 1.45 bits per heavy atom. The van der Waals surface area contributed by atoms with Gasteiger partial charge in [0.25, 0.3) is 0 Å². The van der Waals surface area contributed by atoms with Crippen molar-refractivity contribution in [3.63, 3.8) is 0 Å². The Kier molecular flexibility index (Phi) is 3.52. The van der Waals surface area contributed by atoms with E-state index >= 15 is 0 Å². The average molecular weight is 278 g/mol. The summed E-state index contributed by atoms with van der Waals surface area (Å²) in [5.41, 5.74) is 7.01. The van der Waals surface area contributed by atoms with E-state index in [1.54, 1.807) is 0 Å². The van der Waals surface area contributed by atoms with Crippen molar-refractivity contribution in [3.8, 4) is 0 Å². The van der Waals surface area contributed by atoms with Gasteiger partial charge in [0, 0.05) is 25.0 Å². The van der Waals surface area contributed by atoms with E-state index in [1.807, 2.05) is 0 Å². The molecule has 1 fully saturated rings. The van der Waals surface area contributed by atoms with E-state index in [4.69, 9.17) is 5.73 Å². The van der Waals surface area contributed by atoms with Crippen LogP contribution in [0, 0.1) is 0 Å². The number of imidazole rings is 1. The summed E-state index contributed by atoms with van der Waals surface area (Å²) in [6.07, 6.45) is 2.90. The summed E-state index contributed by atoms with van der Waals surface area (Å²) in [5, 5.41) is 9.37. The topological polar surface area (TPSA) is 84.4 Å². The van der Waals surface area contributed by atoms with Crippen molar-refractivity contribution in [2.75, 3.05) is 19.6 Å². The molecule has 6 heteroatoms. The van der Waals surface area contributed by atoms with Gasteiger partial charge in [-0.15, -0.1) is 0 Å². The SMILES string of the molecule is CCN1CCC(c2nc(C(=O)O)c3n2CCCC3N)C1. The number of fused-ring (bicyclic) bond motifs is 1. The van der Waals surface area contributed by atoms with E-state index in [9.17, 15) is 9.90 Å². The van der Waals surface area contributed by atoms with Crippen LogP contribution in [0.1, 0.15) is 60.2 Å². The maximum absolute atomic E-state index is 11.4. The zero-order valence-electron chi connectivity index (χ0n) is 11.9. The molecule has 0 aliphatic carbocycles. The number of nitrogens with two attached hydrogens (primary N) is 1. The molecule has 3 heterocycles. The molecule has 2 unspecified atom stereocenters. The third-order valence-corrected chi connectivity index (χ3v) is 4.57. The monoisotopic (exact) mass is 278 g/mol. The highest BCUT2D eigenvalue weighted by molar-refractivity contribution is 5.87. The number of hydrogen-bond acceptors (Lipinski definition) is 4. The van der Waals surface area contributed by atoms with Crippen LogP contribution in [0.5, 0.6) is 0 Å². The molecule has 110 valence electrons. The van der Waals surface area contributed by atoms with Crippen molar-refractivity contribution < 1.29 is 9.90 Å². The fraction of sp³-hybridized carbons (Fsp3) is 0.714. The summed E-state index contributed by atoms with van der Waals surface area (Å²) < 4.78 is 2.08. The maximum atomic E-state index is 11.4. The first kappa shape index (κ1) is 13.6.